The van der Waals surface area contributed by atoms with Crippen LogP contribution in [-0.4, -0.2) is 24.7 Å². The Morgan fingerprint density at radius 1 is 1.38 bits per heavy atom. The lowest BCUT2D eigenvalue weighted by Gasteiger charge is -2.28. The van der Waals surface area contributed by atoms with Gasteiger partial charge in [0.05, 0.1) is 17.6 Å². The Morgan fingerprint density at radius 2 is 2.10 bits per heavy atom. The first-order valence-corrected chi connectivity index (χ1v) is 6.96. The number of benzene rings is 1. The van der Waals surface area contributed by atoms with E-state index in [0.717, 1.165) is 32.3 Å². The van der Waals surface area contributed by atoms with Gasteiger partial charge in [-0.25, -0.2) is 4.85 Å². The third kappa shape index (κ3) is 3.70. The predicted octanol–water partition coefficient (Wildman–Crippen LogP) is 3.73. The molecule has 1 aliphatic carbocycles. The fraction of sp³-hybridized carbons (Fsp3) is 0.533. The normalized spacial score (nSPS) is 21.5. The number of nitro benzene ring substituents is 1. The van der Waals surface area contributed by atoms with Crippen LogP contribution in [0.1, 0.15) is 25.7 Å². The minimum absolute atomic E-state index is 0.0125. The van der Waals surface area contributed by atoms with E-state index < -0.39 is 4.92 Å². The van der Waals surface area contributed by atoms with Gasteiger partial charge >= 0.3 is 5.69 Å². The zero-order valence-electron chi connectivity index (χ0n) is 11.9. The second-order valence-corrected chi connectivity index (χ2v) is 5.21. The molecule has 0 aromatic heterocycles. The molecule has 1 aromatic carbocycles. The quantitative estimate of drug-likeness (QED) is 0.471. The van der Waals surface area contributed by atoms with Crippen molar-refractivity contribution in [2.24, 2.45) is 5.92 Å². The van der Waals surface area contributed by atoms with E-state index in [-0.39, 0.29) is 17.5 Å². The first-order chi connectivity index (χ1) is 10.2. The molecule has 0 unspecified atom stereocenters. The first-order valence-electron chi connectivity index (χ1n) is 6.96. The number of hydrogen-bond acceptors (Lipinski definition) is 4. The van der Waals surface area contributed by atoms with Gasteiger partial charge < -0.3 is 9.47 Å². The van der Waals surface area contributed by atoms with Crippen LogP contribution < -0.4 is 4.74 Å². The molecule has 1 fully saturated rings. The van der Waals surface area contributed by atoms with Crippen molar-refractivity contribution < 1.29 is 14.4 Å². The number of methoxy groups -OCH3 is 1. The highest BCUT2D eigenvalue weighted by Gasteiger charge is 2.25. The molecule has 1 aliphatic rings. The fourth-order valence-electron chi connectivity index (χ4n) is 2.70. The van der Waals surface area contributed by atoms with Crippen LogP contribution in [0.15, 0.2) is 18.2 Å². The average Bonchev–Trinajstić information content (AvgIpc) is 2.49. The van der Waals surface area contributed by atoms with Crippen LogP contribution in [0, 0.1) is 22.6 Å². The second-order valence-electron chi connectivity index (χ2n) is 5.21. The maximum atomic E-state index is 10.9. The lowest BCUT2D eigenvalue weighted by atomic mass is 9.88. The number of rotatable bonds is 5. The van der Waals surface area contributed by atoms with Crippen molar-refractivity contribution >= 4 is 11.4 Å². The summed E-state index contributed by atoms with van der Waals surface area (Å²) in [5.41, 5.74) is -0.211. The Morgan fingerprint density at radius 3 is 2.67 bits per heavy atom. The van der Waals surface area contributed by atoms with Crippen molar-refractivity contribution in [1.82, 2.24) is 0 Å². The van der Waals surface area contributed by atoms with Crippen LogP contribution in [0.25, 0.3) is 4.85 Å². The number of nitro groups is 1. The van der Waals surface area contributed by atoms with Crippen LogP contribution in [0.5, 0.6) is 5.75 Å². The van der Waals surface area contributed by atoms with Crippen molar-refractivity contribution in [3.63, 3.8) is 0 Å². The molecule has 0 atom stereocenters. The third-order valence-electron chi connectivity index (χ3n) is 3.78. The molecule has 21 heavy (non-hydrogen) atoms. The molecule has 2 rings (SSSR count). The predicted molar refractivity (Wildman–Crippen MR) is 77.6 cm³/mol. The van der Waals surface area contributed by atoms with Crippen LogP contribution in [0.3, 0.4) is 0 Å². The lowest BCUT2D eigenvalue weighted by molar-refractivity contribution is -0.383. The molecule has 6 nitrogen and oxygen atoms in total. The number of para-hydroxylation sites is 1. The molecule has 6 heteroatoms. The standard InChI is InChI=1S/C15H18N2O4/c1-16-15-13(17(18)19)4-3-5-14(15)21-12-8-6-11(7-9-12)10-20-2/h3-5,11-12H,6-10H2,2H3. The van der Waals surface area contributed by atoms with Crippen LogP contribution >= 0.6 is 0 Å². The van der Waals surface area contributed by atoms with Crippen molar-refractivity contribution in [1.29, 1.82) is 0 Å². The van der Waals surface area contributed by atoms with Gasteiger partial charge in [-0.05, 0) is 37.7 Å². The van der Waals surface area contributed by atoms with E-state index in [4.69, 9.17) is 16.0 Å². The highest BCUT2D eigenvalue weighted by atomic mass is 16.6. The molecule has 1 saturated carbocycles. The molecule has 0 aliphatic heterocycles. The minimum atomic E-state index is -0.546. The molecule has 0 heterocycles. The van der Waals surface area contributed by atoms with Crippen molar-refractivity contribution in [3.8, 4) is 5.75 Å². The summed E-state index contributed by atoms with van der Waals surface area (Å²) in [6.45, 7) is 7.91. The zero-order valence-corrected chi connectivity index (χ0v) is 11.9. The summed E-state index contributed by atoms with van der Waals surface area (Å²) in [4.78, 5) is 13.7. The number of hydrogen-bond donors (Lipinski definition) is 0. The minimum Gasteiger partial charge on any atom is -0.501 e. The third-order valence-corrected chi connectivity index (χ3v) is 3.78. The summed E-state index contributed by atoms with van der Waals surface area (Å²) in [5.74, 6) is 0.870. The molecular weight excluding hydrogens is 272 g/mol. The average molecular weight is 290 g/mol. The smallest absolute Gasteiger partial charge is 0.303 e. The summed E-state index contributed by atoms with van der Waals surface area (Å²) in [6, 6.07) is 4.51. The van der Waals surface area contributed by atoms with E-state index in [1.807, 2.05) is 0 Å². The maximum Gasteiger partial charge on any atom is 0.303 e. The van der Waals surface area contributed by atoms with Gasteiger partial charge in [-0.2, -0.15) is 0 Å². The van der Waals surface area contributed by atoms with Crippen molar-refractivity contribution in [3.05, 3.63) is 39.7 Å². The summed E-state index contributed by atoms with van der Waals surface area (Å²) >= 11 is 0. The molecule has 0 bridgehead atoms. The van der Waals surface area contributed by atoms with Crippen LogP contribution in [0.4, 0.5) is 11.4 Å². The lowest BCUT2D eigenvalue weighted by Crippen LogP contribution is -2.26. The Kier molecular flexibility index (Phi) is 5.12. The van der Waals surface area contributed by atoms with E-state index in [0.29, 0.717) is 11.7 Å². The van der Waals surface area contributed by atoms with Gasteiger partial charge in [0.15, 0.2) is 0 Å². The maximum absolute atomic E-state index is 10.9. The topological polar surface area (TPSA) is 66.0 Å². The van der Waals surface area contributed by atoms with E-state index in [2.05, 4.69) is 4.85 Å². The Hall–Kier alpha value is -2.13. The van der Waals surface area contributed by atoms with Gasteiger partial charge in [-0.1, -0.05) is 6.07 Å². The number of nitrogens with zero attached hydrogens (tertiary/aromatic N) is 2. The van der Waals surface area contributed by atoms with E-state index in [1.165, 1.54) is 6.07 Å². The monoisotopic (exact) mass is 290 g/mol. The Labute approximate surface area is 123 Å². The summed E-state index contributed by atoms with van der Waals surface area (Å²) in [7, 11) is 1.70. The van der Waals surface area contributed by atoms with Crippen molar-refractivity contribution in [2.45, 2.75) is 31.8 Å². The summed E-state index contributed by atoms with van der Waals surface area (Å²) in [5, 5.41) is 10.9. The van der Waals surface area contributed by atoms with E-state index >= 15 is 0 Å². The Bertz CT molecular complexity index is 545. The highest BCUT2D eigenvalue weighted by molar-refractivity contribution is 5.70. The fourth-order valence-corrected chi connectivity index (χ4v) is 2.70. The summed E-state index contributed by atoms with van der Waals surface area (Å²) < 4.78 is 11.0. The van der Waals surface area contributed by atoms with Gasteiger partial charge in [0, 0.05) is 19.8 Å². The molecule has 0 amide bonds. The molecular formula is C15H18N2O4. The number of ether oxygens (including phenoxy) is 2. The SMILES string of the molecule is [C-]#[N+]c1c(OC2CCC(COC)CC2)cccc1[N+](=O)[O-]. The van der Waals surface area contributed by atoms with Gasteiger partial charge in [0.2, 0.25) is 0 Å². The van der Waals surface area contributed by atoms with Gasteiger partial charge in [0.1, 0.15) is 5.75 Å². The molecule has 0 spiro atoms. The van der Waals surface area contributed by atoms with Gasteiger partial charge in [-0.15, -0.1) is 0 Å². The molecule has 112 valence electrons. The van der Waals surface area contributed by atoms with Crippen LogP contribution in [0.2, 0.25) is 0 Å². The second kappa shape index (κ2) is 7.04. The van der Waals surface area contributed by atoms with E-state index in [9.17, 15) is 10.1 Å². The van der Waals surface area contributed by atoms with E-state index in [1.54, 1.807) is 19.2 Å². The zero-order chi connectivity index (χ0) is 15.2. The van der Waals surface area contributed by atoms with Crippen LogP contribution in [-0.2, 0) is 4.74 Å². The van der Waals surface area contributed by atoms with Gasteiger partial charge in [0.25, 0.3) is 5.69 Å². The molecule has 1 aromatic rings. The van der Waals surface area contributed by atoms with Crippen molar-refractivity contribution in [2.75, 3.05) is 13.7 Å². The Balaban J connectivity index is 2.06. The molecule has 0 radical (unpaired) electrons. The highest BCUT2D eigenvalue weighted by Crippen LogP contribution is 2.39. The molecule has 0 N–H and O–H groups in total. The largest absolute Gasteiger partial charge is 0.501 e. The molecule has 0 saturated heterocycles. The first kappa shape index (κ1) is 15.3. The summed E-state index contributed by atoms with van der Waals surface area (Å²) in [6.07, 6.45) is 3.81. The van der Waals surface area contributed by atoms with Gasteiger partial charge in [-0.3, -0.25) is 10.1 Å².